The van der Waals surface area contributed by atoms with Crippen LogP contribution in [0.1, 0.15) is 34.9 Å². The van der Waals surface area contributed by atoms with Gasteiger partial charge in [0, 0.05) is 23.2 Å². The van der Waals surface area contributed by atoms with Gasteiger partial charge in [-0.15, -0.1) is 11.3 Å². The van der Waals surface area contributed by atoms with Crippen LogP contribution in [0.4, 0.5) is 10.5 Å². The molecule has 1 aliphatic carbocycles. The van der Waals surface area contributed by atoms with Gasteiger partial charge in [0.25, 0.3) is 0 Å². The maximum Gasteiger partial charge on any atom is 0.322 e. The summed E-state index contributed by atoms with van der Waals surface area (Å²) in [4.78, 5) is 31.6. The summed E-state index contributed by atoms with van der Waals surface area (Å²) in [5, 5.41) is 5.03. The smallest absolute Gasteiger partial charge is 0.322 e. The van der Waals surface area contributed by atoms with Crippen LogP contribution >= 0.6 is 11.3 Å². The molecule has 2 aliphatic rings. The average Bonchev–Trinajstić information content (AvgIpc) is 3.62. The van der Waals surface area contributed by atoms with Crippen molar-refractivity contribution < 1.29 is 19.1 Å². The summed E-state index contributed by atoms with van der Waals surface area (Å²) in [5.74, 6) is 1.24. The Kier molecular flexibility index (Phi) is 7.13. The van der Waals surface area contributed by atoms with Crippen molar-refractivity contribution in [2.24, 2.45) is 0 Å². The lowest BCUT2D eigenvalue weighted by molar-refractivity contribution is -0.135. The quantitative estimate of drug-likeness (QED) is 0.453. The highest BCUT2D eigenvalue weighted by molar-refractivity contribution is 7.10. The van der Waals surface area contributed by atoms with E-state index in [1.54, 1.807) is 23.3 Å². The van der Waals surface area contributed by atoms with Gasteiger partial charge in [-0.2, -0.15) is 0 Å². The molecule has 0 spiro atoms. The Hall–Kier alpha value is -3.52. The number of nitrogens with zero attached hydrogens (tertiary/aromatic N) is 2. The summed E-state index contributed by atoms with van der Waals surface area (Å²) in [7, 11) is 1.61. The van der Waals surface area contributed by atoms with Crippen LogP contribution in [0.3, 0.4) is 0 Å². The van der Waals surface area contributed by atoms with Crippen molar-refractivity contribution >= 4 is 29.0 Å². The van der Waals surface area contributed by atoms with Crippen molar-refractivity contribution in [3.05, 3.63) is 76.0 Å². The fourth-order valence-corrected chi connectivity index (χ4v) is 5.53. The van der Waals surface area contributed by atoms with Gasteiger partial charge < -0.3 is 24.6 Å². The van der Waals surface area contributed by atoms with Crippen molar-refractivity contribution in [3.8, 4) is 11.5 Å². The number of anilines is 1. The van der Waals surface area contributed by atoms with Crippen molar-refractivity contribution in [1.29, 1.82) is 0 Å². The number of carbonyl (C=O) groups is 2. The number of hydrogen-bond donors (Lipinski definition) is 1. The first kappa shape index (κ1) is 24.2. The molecule has 1 N–H and O–H groups in total. The number of aryl methyl sites for hydroxylation is 1. The Balaban J connectivity index is 1.31. The van der Waals surface area contributed by atoms with E-state index in [0.717, 1.165) is 36.1 Å². The minimum Gasteiger partial charge on any atom is -0.493 e. The maximum atomic E-state index is 13.6. The van der Waals surface area contributed by atoms with E-state index in [2.05, 4.69) is 16.8 Å². The lowest BCUT2D eigenvalue weighted by atomic mass is 10.0. The largest absolute Gasteiger partial charge is 0.493 e. The topological polar surface area (TPSA) is 71.1 Å². The predicted octanol–water partition coefficient (Wildman–Crippen LogP) is 5.27. The number of nitrogens with one attached hydrogen (secondary N) is 1. The Bertz CT molecular complexity index is 1220. The molecule has 3 aromatic rings. The summed E-state index contributed by atoms with van der Waals surface area (Å²) < 4.78 is 11.6. The predicted molar refractivity (Wildman–Crippen MR) is 141 cm³/mol. The molecule has 0 unspecified atom stereocenters. The summed E-state index contributed by atoms with van der Waals surface area (Å²) in [6.45, 7) is 2.97. The zero-order valence-corrected chi connectivity index (χ0v) is 21.4. The van der Waals surface area contributed by atoms with Crippen LogP contribution in [-0.4, -0.2) is 54.6 Å². The molecule has 7 nitrogen and oxygen atoms in total. The molecule has 5 rings (SSSR count). The molecule has 3 amide bonds. The van der Waals surface area contributed by atoms with E-state index in [4.69, 9.17) is 9.47 Å². The number of carbonyl (C=O) groups excluding carboxylic acids is 2. The first-order valence-electron chi connectivity index (χ1n) is 12.3. The third kappa shape index (κ3) is 5.33. The molecule has 0 bridgehead atoms. The van der Waals surface area contributed by atoms with E-state index in [9.17, 15) is 9.59 Å². The highest BCUT2D eigenvalue weighted by Gasteiger charge is 2.38. The lowest BCUT2D eigenvalue weighted by Crippen LogP contribution is -2.49. The van der Waals surface area contributed by atoms with Gasteiger partial charge in [-0.3, -0.25) is 4.79 Å². The minimum atomic E-state index is -0.232. The molecule has 1 atom stereocenters. The number of hydrogen-bond acceptors (Lipinski definition) is 5. The van der Waals surface area contributed by atoms with Crippen LogP contribution in [0, 0.1) is 6.92 Å². The van der Waals surface area contributed by atoms with Crippen molar-refractivity contribution in [1.82, 2.24) is 9.80 Å². The van der Waals surface area contributed by atoms with Gasteiger partial charge in [-0.25, -0.2) is 4.79 Å². The van der Waals surface area contributed by atoms with Gasteiger partial charge >= 0.3 is 6.03 Å². The molecule has 188 valence electrons. The van der Waals surface area contributed by atoms with Crippen molar-refractivity contribution in [2.75, 3.05) is 32.1 Å². The number of rotatable bonds is 8. The van der Waals surface area contributed by atoms with E-state index in [0.29, 0.717) is 24.7 Å². The highest BCUT2D eigenvalue weighted by Crippen LogP contribution is 2.36. The highest BCUT2D eigenvalue weighted by atomic mass is 32.1. The second-order valence-corrected chi connectivity index (χ2v) is 10.3. The monoisotopic (exact) mass is 505 g/mol. The standard InChI is InChI=1S/C28H31N3O4S/c1-19-7-9-20(10-8-19)29-28(33)31(21-11-12-21)17-27(32)30-15-13-26-22(14-16-36-26)23(30)18-35-25-6-4-3-5-24(25)34-2/h3-10,14,16,21,23H,11-13,15,17-18H2,1-2H3,(H,29,33)/t23-/m0/s1. The molecule has 2 heterocycles. The second-order valence-electron chi connectivity index (χ2n) is 9.27. The molecule has 1 fully saturated rings. The third-order valence-corrected chi connectivity index (χ3v) is 7.73. The molecule has 0 saturated heterocycles. The van der Waals surface area contributed by atoms with Gasteiger partial charge in [-0.1, -0.05) is 29.8 Å². The summed E-state index contributed by atoms with van der Waals surface area (Å²) in [6, 6.07) is 16.9. The summed E-state index contributed by atoms with van der Waals surface area (Å²) in [5.41, 5.74) is 2.98. The van der Waals surface area contributed by atoms with E-state index >= 15 is 0 Å². The second kappa shape index (κ2) is 10.6. The fraction of sp³-hybridized carbons (Fsp3) is 0.357. The molecule has 1 aliphatic heterocycles. The third-order valence-electron chi connectivity index (χ3n) is 6.74. The van der Waals surface area contributed by atoms with Gasteiger partial charge in [0.05, 0.1) is 13.2 Å². The van der Waals surface area contributed by atoms with Gasteiger partial charge in [0.15, 0.2) is 11.5 Å². The van der Waals surface area contributed by atoms with Crippen LogP contribution in [0.2, 0.25) is 0 Å². The van der Waals surface area contributed by atoms with E-state index in [-0.39, 0.29) is 30.6 Å². The Morgan fingerprint density at radius 3 is 2.56 bits per heavy atom. The number of benzene rings is 2. The summed E-state index contributed by atoms with van der Waals surface area (Å²) >= 11 is 1.72. The summed E-state index contributed by atoms with van der Waals surface area (Å²) in [6.07, 6.45) is 2.65. The molecule has 36 heavy (non-hydrogen) atoms. The number of methoxy groups -OCH3 is 1. The van der Waals surface area contributed by atoms with E-state index in [1.165, 1.54) is 4.88 Å². The van der Waals surface area contributed by atoms with Crippen LogP contribution in [-0.2, 0) is 11.2 Å². The molecule has 0 radical (unpaired) electrons. The van der Waals surface area contributed by atoms with E-state index < -0.39 is 0 Å². The van der Waals surface area contributed by atoms with Gasteiger partial charge in [0.2, 0.25) is 5.91 Å². The molecule has 8 heteroatoms. The SMILES string of the molecule is COc1ccccc1OC[C@H]1c2ccsc2CCN1C(=O)CN(C(=O)Nc1ccc(C)cc1)C1CC1. The van der Waals surface area contributed by atoms with Crippen molar-refractivity contribution in [3.63, 3.8) is 0 Å². The number of para-hydroxylation sites is 2. The Labute approximate surface area is 215 Å². The Morgan fingerprint density at radius 1 is 1.08 bits per heavy atom. The molecule has 2 aromatic carbocycles. The first-order chi connectivity index (χ1) is 17.5. The van der Waals surface area contributed by atoms with Crippen molar-refractivity contribution in [2.45, 2.75) is 38.3 Å². The van der Waals surface area contributed by atoms with Gasteiger partial charge in [-0.05, 0) is 67.5 Å². The zero-order valence-electron chi connectivity index (χ0n) is 20.6. The number of fused-ring (bicyclic) bond motifs is 1. The van der Waals surface area contributed by atoms with Gasteiger partial charge in [0.1, 0.15) is 13.2 Å². The number of urea groups is 1. The molecule has 1 saturated carbocycles. The van der Waals surface area contributed by atoms with Crippen LogP contribution in [0.15, 0.2) is 60.0 Å². The molecular formula is C28H31N3O4S. The lowest BCUT2D eigenvalue weighted by Gasteiger charge is -2.37. The zero-order chi connectivity index (χ0) is 25.1. The molecule has 1 aromatic heterocycles. The normalized spacial score (nSPS) is 16.7. The number of thiophene rings is 1. The Morgan fingerprint density at radius 2 is 1.83 bits per heavy atom. The first-order valence-corrected chi connectivity index (χ1v) is 13.2. The van der Waals surface area contributed by atoms with Crippen LogP contribution in [0.25, 0.3) is 0 Å². The van der Waals surface area contributed by atoms with Crippen LogP contribution in [0.5, 0.6) is 11.5 Å². The average molecular weight is 506 g/mol. The minimum absolute atomic E-state index is 0.0486. The fourth-order valence-electron chi connectivity index (χ4n) is 4.60. The molecular weight excluding hydrogens is 474 g/mol. The maximum absolute atomic E-state index is 13.6. The number of amides is 3. The van der Waals surface area contributed by atoms with E-state index in [1.807, 2.05) is 60.4 Å². The van der Waals surface area contributed by atoms with Crippen LogP contribution < -0.4 is 14.8 Å². The number of ether oxygens (including phenoxy) is 2.